The van der Waals surface area contributed by atoms with E-state index in [4.69, 9.17) is 11.5 Å². The average Bonchev–Trinajstić information content (AvgIpc) is 2.58. The molecular formula is C12H14N4O. The first-order valence-corrected chi connectivity index (χ1v) is 5.21. The summed E-state index contributed by atoms with van der Waals surface area (Å²) in [6, 6.07) is 5.94. The molecule has 2 aromatic rings. The van der Waals surface area contributed by atoms with Gasteiger partial charge in [-0.05, 0) is 37.1 Å². The number of hydrogen-bond acceptors (Lipinski definition) is 3. The van der Waals surface area contributed by atoms with Crippen LogP contribution < -0.4 is 11.5 Å². The molecule has 0 spiro atoms. The number of hydrogen-bond donors (Lipinski definition) is 2. The third-order valence-electron chi connectivity index (χ3n) is 2.52. The van der Waals surface area contributed by atoms with Crippen molar-refractivity contribution in [3.8, 4) is 5.69 Å². The van der Waals surface area contributed by atoms with E-state index in [0.717, 1.165) is 16.8 Å². The third-order valence-corrected chi connectivity index (χ3v) is 2.52. The van der Waals surface area contributed by atoms with Crippen LogP contribution in [0.15, 0.2) is 24.4 Å². The Hall–Kier alpha value is -2.30. The van der Waals surface area contributed by atoms with Crippen LogP contribution in [-0.4, -0.2) is 15.7 Å². The zero-order valence-corrected chi connectivity index (χ0v) is 9.77. The first kappa shape index (κ1) is 11.2. The lowest BCUT2D eigenvalue weighted by atomic mass is 10.1. The van der Waals surface area contributed by atoms with Crippen molar-refractivity contribution in [3.05, 3.63) is 41.1 Å². The van der Waals surface area contributed by atoms with Crippen LogP contribution in [0, 0.1) is 13.8 Å². The van der Waals surface area contributed by atoms with Gasteiger partial charge in [0.1, 0.15) is 11.4 Å². The normalized spacial score (nSPS) is 10.5. The number of nitrogen functional groups attached to an aromatic ring is 1. The lowest BCUT2D eigenvalue weighted by Crippen LogP contribution is -2.13. The molecule has 2 rings (SSSR count). The number of nitrogens with zero attached hydrogens (tertiary/aromatic N) is 2. The maximum Gasteiger partial charge on any atom is 0.254 e. The fourth-order valence-electron chi connectivity index (χ4n) is 1.83. The highest BCUT2D eigenvalue weighted by Crippen LogP contribution is 2.19. The van der Waals surface area contributed by atoms with E-state index >= 15 is 0 Å². The molecule has 5 heteroatoms. The molecule has 4 N–H and O–H groups in total. The summed E-state index contributed by atoms with van der Waals surface area (Å²) >= 11 is 0. The van der Waals surface area contributed by atoms with Gasteiger partial charge in [-0.15, -0.1) is 0 Å². The predicted molar refractivity (Wildman–Crippen MR) is 66.0 cm³/mol. The van der Waals surface area contributed by atoms with Crippen molar-refractivity contribution in [2.75, 3.05) is 5.73 Å². The SMILES string of the molecule is Cc1cc(C)cc(-n2ncc(C(N)=O)c2N)c1. The maximum absolute atomic E-state index is 11.1. The molecule has 88 valence electrons. The highest BCUT2D eigenvalue weighted by molar-refractivity contribution is 5.97. The smallest absolute Gasteiger partial charge is 0.254 e. The molecular weight excluding hydrogens is 216 g/mol. The number of carbonyl (C=O) groups is 1. The van der Waals surface area contributed by atoms with Crippen molar-refractivity contribution >= 4 is 11.7 Å². The molecule has 0 atom stereocenters. The number of aryl methyl sites for hydroxylation is 2. The minimum Gasteiger partial charge on any atom is -0.383 e. The minimum atomic E-state index is -0.571. The molecule has 1 heterocycles. The van der Waals surface area contributed by atoms with Crippen LogP contribution >= 0.6 is 0 Å². The number of benzene rings is 1. The second-order valence-corrected chi connectivity index (χ2v) is 4.07. The second-order valence-electron chi connectivity index (χ2n) is 4.07. The topological polar surface area (TPSA) is 86.9 Å². The summed E-state index contributed by atoms with van der Waals surface area (Å²) in [6.07, 6.45) is 1.38. The summed E-state index contributed by atoms with van der Waals surface area (Å²) in [5, 5.41) is 4.08. The van der Waals surface area contributed by atoms with Gasteiger partial charge < -0.3 is 11.5 Å². The summed E-state index contributed by atoms with van der Waals surface area (Å²) in [4.78, 5) is 11.1. The van der Waals surface area contributed by atoms with Crippen LogP contribution in [0.5, 0.6) is 0 Å². The lowest BCUT2D eigenvalue weighted by molar-refractivity contribution is 0.100. The quantitative estimate of drug-likeness (QED) is 0.811. The van der Waals surface area contributed by atoms with Gasteiger partial charge in [0.2, 0.25) is 0 Å². The molecule has 5 nitrogen and oxygen atoms in total. The van der Waals surface area contributed by atoms with Gasteiger partial charge in [0.25, 0.3) is 5.91 Å². The number of nitrogens with two attached hydrogens (primary N) is 2. The summed E-state index contributed by atoms with van der Waals surface area (Å²) in [5.41, 5.74) is 14.3. The van der Waals surface area contributed by atoms with Crippen molar-refractivity contribution in [2.45, 2.75) is 13.8 Å². The molecule has 0 aliphatic carbocycles. The first-order valence-electron chi connectivity index (χ1n) is 5.21. The highest BCUT2D eigenvalue weighted by Gasteiger charge is 2.13. The zero-order chi connectivity index (χ0) is 12.6. The number of aromatic nitrogens is 2. The number of carbonyl (C=O) groups excluding carboxylic acids is 1. The van der Waals surface area contributed by atoms with Gasteiger partial charge in [0.15, 0.2) is 0 Å². The Labute approximate surface area is 99.0 Å². The van der Waals surface area contributed by atoms with Gasteiger partial charge in [0, 0.05) is 0 Å². The fraction of sp³-hybridized carbons (Fsp3) is 0.167. The van der Waals surface area contributed by atoms with Gasteiger partial charge in [-0.1, -0.05) is 6.07 Å². The number of rotatable bonds is 2. The number of anilines is 1. The highest BCUT2D eigenvalue weighted by atomic mass is 16.1. The summed E-state index contributed by atoms with van der Waals surface area (Å²) < 4.78 is 1.51. The number of amides is 1. The Kier molecular flexibility index (Phi) is 2.59. The predicted octanol–water partition coefficient (Wildman–Crippen LogP) is 1.17. The second kappa shape index (κ2) is 3.93. The van der Waals surface area contributed by atoms with Crippen molar-refractivity contribution < 1.29 is 4.79 Å². The summed E-state index contributed by atoms with van der Waals surface area (Å²) in [5.74, 6) is -0.305. The average molecular weight is 230 g/mol. The molecule has 0 radical (unpaired) electrons. The monoisotopic (exact) mass is 230 g/mol. The van der Waals surface area contributed by atoms with Gasteiger partial charge in [-0.2, -0.15) is 5.10 Å². The molecule has 0 saturated heterocycles. The van der Waals surface area contributed by atoms with Crippen LogP contribution in [0.2, 0.25) is 0 Å². The van der Waals surface area contributed by atoms with Gasteiger partial charge in [0.05, 0.1) is 11.9 Å². The van der Waals surface area contributed by atoms with Crippen LogP contribution in [0.25, 0.3) is 5.69 Å². The third kappa shape index (κ3) is 1.99. The van der Waals surface area contributed by atoms with Crippen molar-refractivity contribution in [1.29, 1.82) is 0 Å². The van der Waals surface area contributed by atoms with Gasteiger partial charge in [-0.3, -0.25) is 4.79 Å². The van der Waals surface area contributed by atoms with Crippen LogP contribution in [0.3, 0.4) is 0 Å². The molecule has 0 fully saturated rings. The lowest BCUT2D eigenvalue weighted by Gasteiger charge is -2.07. The zero-order valence-electron chi connectivity index (χ0n) is 9.77. The maximum atomic E-state index is 11.1. The molecule has 17 heavy (non-hydrogen) atoms. The standard InChI is InChI=1S/C12H14N4O/c1-7-3-8(2)5-9(4-7)16-11(13)10(6-15-16)12(14)17/h3-6H,13H2,1-2H3,(H2,14,17). The Bertz CT molecular complexity index is 566. The first-order chi connectivity index (χ1) is 7.99. The Morgan fingerprint density at radius 2 is 1.82 bits per heavy atom. The summed E-state index contributed by atoms with van der Waals surface area (Å²) in [7, 11) is 0. The van der Waals surface area contributed by atoms with E-state index in [0.29, 0.717) is 0 Å². The van der Waals surface area contributed by atoms with E-state index in [-0.39, 0.29) is 11.4 Å². The summed E-state index contributed by atoms with van der Waals surface area (Å²) in [6.45, 7) is 3.98. The fourth-order valence-corrected chi connectivity index (χ4v) is 1.83. The van der Waals surface area contributed by atoms with Crippen molar-refractivity contribution in [2.24, 2.45) is 5.73 Å². The van der Waals surface area contributed by atoms with E-state index < -0.39 is 5.91 Å². The Balaban J connectivity index is 2.57. The minimum absolute atomic E-state index is 0.240. The largest absolute Gasteiger partial charge is 0.383 e. The van der Waals surface area contributed by atoms with Gasteiger partial charge >= 0.3 is 0 Å². The molecule has 1 aromatic carbocycles. The van der Waals surface area contributed by atoms with Gasteiger partial charge in [-0.25, -0.2) is 4.68 Å². The number of primary amides is 1. The van der Waals surface area contributed by atoms with E-state index in [2.05, 4.69) is 11.2 Å². The van der Waals surface area contributed by atoms with Crippen molar-refractivity contribution in [1.82, 2.24) is 9.78 Å². The van der Waals surface area contributed by atoms with Crippen molar-refractivity contribution in [3.63, 3.8) is 0 Å². The molecule has 0 bridgehead atoms. The van der Waals surface area contributed by atoms with Crippen LogP contribution in [0.4, 0.5) is 5.82 Å². The molecule has 0 aliphatic heterocycles. The van der Waals surface area contributed by atoms with Crippen LogP contribution in [0.1, 0.15) is 21.5 Å². The van der Waals surface area contributed by atoms with Crippen LogP contribution in [-0.2, 0) is 0 Å². The van der Waals surface area contributed by atoms with E-state index in [1.165, 1.54) is 10.9 Å². The molecule has 0 saturated carbocycles. The Morgan fingerprint density at radius 1 is 1.24 bits per heavy atom. The van der Waals surface area contributed by atoms with E-state index in [1.807, 2.05) is 26.0 Å². The van der Waals surface area contributed by atoms with E-state index in [9.17, 15) is 4.79 Å². The molecule has 1 aromatic heterocycles. The molecule has 1 amide bonds. The van der Waals surface area contributed by atoms with E-state index in [1.54, 1.807) is 0 Å². The molecule has 0 unspecified atom stereocenters. The molecule has 0 aliphatic rings. The Morgan fingerprint density at radius 3 is 2.29 bits per heavy atom.